The van der Waals surface area contributed by atoms with Crippen LogP contribution in [-0.4, -0.2) is 54.4 Å². The lowest BCUT2D eigenvalue weighted by molar-refractivity contribution is 0.0693. The van der Waals surface area contributed by atoms with Gasteiger partial charge in [-0.15, -0.1) is 0 Å². The highest BCUT2D eigenvalue weighted by Gasteiger charge is 2.15. The highest BCUT2D eigenvalue weighted by molar-refractivity contribution is 5.66. The molecule has 1 aliphatic rings. The molecule has 1 N–H and O–H groups in total. The van der Waals surface area contributed by atoms with Crippen molar-refractivity contribution in [3.63, 3.8) is 0 Å². The van der Waals surface area contributed by atoms with E-state index in [1.807, 2.05) is 0 Å². The number of nitrogens with zero attached hydrogens (tertiary/aromatic N) is 2. The Balaban J connectivity index is 1.64. The van der Waals surface area contributed by atoms with Crippen molar-refractivity contribution in [1.29, 1.82) is 0 Å². The first-order chi connectivity index (χ1) is 13.1. The second-order valence-electron chi connectivity index (χ2n) is 6.97. The van der Waals surface area contributed by atoms with Crippen molar-refractivity contribution in [2.45, 2.75) is 31.8 Å². The molecule has 5 nitrogen and oxygen atoms in total. The maximum Gasteiger partial charge on any atom is 0.142 e. The lowest BCUT2D eigenvalue weighted by Crippen LogP contribution is -2.36. The van der Waals surface area contributed by atoms with E-state index in [-0.39, 0.29) is 6.61 Å². The fraction of sp³-hybridized carbons (Fsp3) is 0.476. The van der Waals surface area contributed by atoms with Crippen LogP contribution in [0.25, 0.3) is 11.1 Å². The molecule has 1 aromatic heterocycles. The molecule has 0 aliphatic carbocycles. The van der Waals surface area contributed by atoms with Crippen molar-refractivity contribution < 1.29 is 19.0 Å². The summed E-state index contributed by atoms with van der Waals surface area (Å²) in [4.78, 5) is 6.19. The molecule has 146 valence electrons. The summed E-state index contributed by atoms with van der Waals surface area (Å²) < 4.78 is 24.6. The Morgan fingerprint density at radius 1 is 1.04 bits per heavy atom. The molecular weight excluding hydrogens is 347 g/mol. The Morgan fingerprint density at radius 3 is 2.48 bits per heavy atom. The summed E-state index contributed by atoms with van der Waals surface area (Å²) in [6.45, 7) is 2.88. The van der Waals surface area contributed by atoms with Crippen molar-refractivity contribution >= 4 is 0 Å². The molecule has 3 rings (SSSR count). The van der Waals surface area contributed by atoms with E-state index in [1.54, 1.807) is 31.5 Å². The van der Waals surface area contributed by atoms with Gasteiger partial charge in [0, 0.05) is 24.4 Å². The number of pyridine rings is 1. The van der Waals surface area contributed by atoms with Crippen LogP contribution >= 0.6 is 0 Å². The topological polar surface area (TPSA) is 54.8 Å². The molecule has 27 heavy (non-hydrogen) atoms. The van der Waals surface area contributed by atoms with Gasteiger partial charge >= 0.3 is 0 Å². The number of likely N-dealkylation sites (tertiary alicyclic amines) is 1. The van der Waals surface area contributed by atoms with Crippen LogP contribution in [0.3, 0.4) is 0 Å². The van der Waals surface area contributed by atoms with Crippen LogP contribution in [0.4, 0.5) is 4.39 Å². The maximum absolute atomic E-state index is 13.5. The van der Waals surface area contributed by atoms with Gasteiger partial charge in [0.05, 0.1) is 13.3 Å². The number of aliphatic hydroxyl groups excluding tert-OH is 1. The monoisotopic (exact) mass is 374 g/mol. The highest BCUT2D eigenvalue weighted by Crippen LogP contribution is 2.30. The number of benzene rings is 1. The van der Waals surface area contributed by atoms with E-state index in [0.29, 0.717) is 23.6 Å². The number of aromatic nitrogens is 1. The Kier molecular flexibility index (Phi) is 7.01. The van der Waals surface area contributed by atoms with E-state index >= 15 is 0 Å². The number of ether oxygens (including phenoxy) is 2. The molecule has 1 unspecified atom stereocenters. The van der Waals surface area contributed by atoms with Crippen LogP contribution in [-0.2, 0) is 0 Å². The molecule has 0 bridgehead atoms. The zero-order chi connectivity index (χ0) is 19.1. The van der Waals surface area contributed by atoms with Gasteiger partial charge in [-0.05, 0) is 49.7 Å². The highest BCUT2D eigenvalue weighted by atomic mass is 19.1. The van der Waals surface area contributed by atoms with Gasteiger partial charge in [0.2, 0.25) is 0 Å². The van der Waals surface area contributed by atoms with Crippen LogP contribution in [0.5, 0.6) is 11.5 Å². The minimum atomic E-state index is -0.561. The van der Waals surface area contributed by atoms with Crippen LogP contribution < -0.4 is 9.47 Å². The Bertz CT molecular complexity index is 733. The van der Waals surface area contributed by atoms with E-state index in [9.17, 15) is 9.50 Å². The van der Waals surface area contributed by atoms with Gasteiger partial charge in [-0.25, -0.2) is 4.39 Å². The van der Waals surface area contributed by atoms with Crippen molar-refractivity contribution in [1.82, 2.24) is 9.88 Å². The molecule has 6 heteroatoms. The first-order valence-corrected chi connectivity index (χ1v) is 9.47. The number of halogens is 1. The van der Waals surface area contributed by atoms with Crippen LogP contribution in [0.1, 0.15) is 25.7 Å². The molecule has 0 amide bonds. The van der Waals surface area contributed by atoms with Crippen LogP contribution in [0, 0.1) is 5.82 Å². The van der Waals surface area contributed by atoms with Gasteiger partial charge in [-0.2, -0.15) is 0 Å². The smallest absolute Gasteiger partial charge is 0.142 e. The summed E-state index contributed by atoms with van der Waals surface area (Å²) in [6, 6.07) is 6.78. The third-order valence-corrected chi connectivity index (χ3v) is 4.76. The van der Waals surface area contributed by atoms with Crippen LogP contribution in [0.2, 0.25) is 0 Å². The van der Waals surface area contributed by atoms with Crippen molar-refractivity contribution in [2.75, 3.05) is 33.4 Å². The van der Waals surface area contributed by atoms with E-state index in [4.69, 9.17) is 9.47 Å². The summed E-state index contributed by atoms with van der Waals surface area (Å²) in [5.41, 5.74) is 1.39. The zero-order valence-electron chi connectivity index (χ0n) is 15.7. The fourth-order valence-electron chi connectivity index (χ4n) is 3.37. The second-order valence-corrected chi connectivity index (χ2v) is 6.97. The quantitative estimate of drug-likeness (QED) is 0.804. The lowest BCUT2D eigenvalue weighted by Gasteiger charge is -2.23. The molecule has 0 saturated carbocycles. The number of rotatable bonds is 7. The molecule has 1 saturated heterocycles. The van der Waals surface area contributed by atoms with Crippen molar-refractivity contribution in [3.8, 4) is 22.6 Å². The van der Waals surface area contributed by atoms with Gasteiger partial charge in [0.25, 0.3) is 0 Å². The summed E-state index contributed by atoms with van der Waals surface area (Å²) >= 11 is 0. The SMILES string of the molecule is COc1cc(OCC(O)CN2CCCCCC2)cc(-c2cncc(F)c2)c1. The van der Waals surface area contributed by atoms with Gasteiger partial charge < -0.3 is 19.5 Å². The normalized spacial score (nSPS) is 16.6. The zero-order valence-corrected chi connectivity index (χ0v) is 15.7. The first-order valence-electron chi connectivity index (χ1n) is 9.47. The standard InChI is InChI=1S/C21H27FN2O3/c1-26-20-9-16(17-8-18(22)13-23-12-17)10-21(11-20)27-15-19(25)14-24-6-4-2-3-5-7-24/h8-13,19,25H,2-7,14-15H2,1H3. The summed E-state index contributed by atoms with van der Waals surface area (Å²) in [5, 5.41) is 10.3. The van der Waals surface area contributed by atoms with Crippen molar-refractivity contribution in [3.05, 3.63) is 42.5 Å². The predicted molar refractivity (Wildman–Crippen MR) is 103 cm³/mol. The average molecular weight is 374 g/mol. The molecule has 0 spiro atoms. The molecule has 2 aromatic rings. The number of β-amino-alcohol motifs (C(OH)–C–C–N with tert-alkyl or cyclic N) is 1. The van der Waals surface area contributed by atoms with Gasteiger partial charge in [0.1, 0.15) is 30.0 Å². The van der Waals surface area contributed by atoms with E-state index in [2.05, 4.69) is 9.88 Å². The number of hydrogen-bond acceptors (Lipinski definition) is 5. The fourth-order valence-corrected chi connectivity index (χ4v) is 3.37. The lowest BCUT2D eigenvalue weighted by atomic mass is 10.1. The van der Waals surface area contributed by atoms with Gasteiger partial charge in [0.15, 0.2) is 0 Å². The van der Waals surface area contributed by atoms with Crippen molar-refractivity contribution in [2.24, 2.45) is 0 Å². The number of hydrogen-bond donors (Lipinski definition) is 1. The van der Waals surface area contributed by atoms with Gasteiger partial charge in [-0.1, -0.05) is 12.8 Å². The summed E-state index contributed by atoms with van der Waals surface area (Å²) in [7, 11) is 1.57. The molecule has 1 aromatic carbocycles. The predicted octanol–water partition coefficient (Wildman–Crippen LogP) is 3.51. The molecular formula is C21H27FN2O3. The Hall–Kier alpha value is -2.18. The summed E-state index contributed by atoms with van der Waals surface area (Å²) in [6.07, 6.45) is 7.11. The molecule has 1 aliphatic heterocycles. The first kappa shape index (κ1) is 19.6. The molecule has 2 heterocycles. The minimum Gasteiger partial charge on any atom is -0.497 e. The third-order valence-electron chi connectivity index (χ3n) is 4.76. The van der Waals surface area contributed by atoms with E-state index < -0.39 is 11.9 Å². The summed E-state index contributed by atoms with van der Waals surface area (Å²) in [5.74, 6) is 0.781. The van der Waals surface area contributed by atoms with E-state index in [0.717, 1.165) is 18.7 Å². The maximum atomic E-state index is 13.5. The largest absolute Gasteiger partial charge is 0.497 e. The average Bonchev–Trinajstić information content (AvgIpc) is 2.95. The Labute approximate surface area is 159 Å². The Morgan fingerprint density at radius 2 is 1.78 bits per heavy atom. The second kappa shape index (κ2) is 9.67. The molecule has 1 atom stereocenters. The van der Waals surface area contributed by atoms with Gasteiger partial charge in [-0.3, -0.25) is 4.98 Å². The molecule has 0 radical (unpaired) electrons. The number of methoxy groups -OCH3 is 1. The minimum absolute atomic E-state index is 0.199. The number of aliphatic hydroxyl groups is 1. The third kappa shape index (κ3) is 5.91. The molecule has 1 fully saturated rings. The van der Waals surface area contributed by atoms with E-state index in [1.165, 1.54) is 37.9 Å². The van der Waals surface area contributed by atoms with Crippen LogP contribution in [0.15, 0.2) is 36.7 Å².